The molecule has 2 aromatic carbocycles. The van der Waals surface area contributed by atoms with Crippen LogP contribution in [0, 0.1) is 11.8 Å². The summed E-state index contributed by atoms with van der Waals surface area (Å²) >= 11 is 3.79. The van der Waals surface area contributed by atoms with Crippen molar-refractivity contribution < 1.29 is 38.5 Å². The Morgan fingerprint density at radius 3 is 2.40 bits per heavy atom. The zero-order chi connectivity index (χ0) is 39.1. The lowest BCUT2D eigenvalue weighted by atomic mass is 9.70. The second kappa shape index (κ2) is 18.4. The molecule has 0 radical (unpaired) electrons. The summed E-state index contributed by atoms with van der Waals surface area (Å²) in [4.78, 5) is 61.1. The topological polar surface area (TPSA) is 135 Å². The molecule has 3 amide bonds. The Hall–Kier alpha value is -3.84. The first-order valence-electron chi connectivity index (χ1n) is 19.5. The predicted molar refractivity (Wildman–Crippen MR) is 211 cm³/mol. The number of hydrogen-bond acceptors (Lipinski definition) is 8. The molecule has 9 atom stereocenters. The monoisotopic (exact) mass is 819 g/mol. The minimum atomic E-state index is -1.36. The number of allylic oxidation sites excluding steroid dienone is 1. The molecule has 1 spiro atoms. The molecule has 3 saturated heterocycles. The van der Waals surface area contributed by atoms with Crippen molar-refractivity contribution in [1.29, 1.82) is 0 Å². The van der Waals surface area contributed by atoms with Crippen LogP contribution in [0.15, 0.2) is 86.0 Å². The van der Waals surface area contributed by atoms with E-state index in [2.05, 4.69) is 34.4 Å². The number of alkyl halides is 1. The van der Waals surface area contributed by atoms with Crippen LogP contribution in [-0.4, -0.2) is 106 Å². The number of esters is 1. The lowest BCUT2D eigenvalue weighted by Gasteiger charge is -2.42. The second-order valence-corrected chi connectivity index (χ2v) is 16.4. The number of halogens is 1. The highest BCUT2D eigenvalue weighted by Gasteiger charge is 2.77. The van der Waals surface area contributed by atoms with E-state index in [0.717, 1.165) is 37.7 Å². The van der Waals surface area contributed by atoms with Crippen molar-refractivity contribution in [3.63, 3.8) is 0 Å². The molecule has 11 nitrogen and oxygen atoms in total. The van der Waals surface area contributed by atoms with Gasteiger partial charge in [-0.1, -0.05) is 108 Å². The highest BCUT2D eigenvalue weighted by molar-refractivity contribution is 9.09. The Morgan fingerprint density at radius 1 is 1.07 bits per heavy atom. The zero-order valence-electron chi connectivity index (χ0n) is 31.6. The van der Waals surface area contributed by atoms with Gasteiger partial charge in [-0.05, 0) is 43.2 Å². The van der Waals surface area contributed by atoms with Crippen LogP contribution in [-0.2, 0) is 39.8 Å². The van der Waals surface area contributed by atoms with Gasteiger partial charge in [0.2, 0.25) is 17.7 Å². The number of benzene rings is 2. The van der Waals surface area contributed by atoms with Crippen LogP contribution < -0.4 is 5.32 Å². The molecule has 296 valence electrons. The summed E-state index contributed by atoms with van der Waals surface area (Å²) in [7, 11) is 1.51. The van der Waals surface area contributed by atoms with Gasteiger partial charge in [0.25, 0.3) is 0 Å². The van der Waals surface area contributed by atoms with Crippen molar-refractivity contribution in [3.05, 3.63) is 97.1 Å². The number of hydrogen-bond donors (Lipinski definition) is 2. The van der Waals surface area contributed by atoms with Crippen LogP contribution in [0.3, 0.4) is 0 Å². The number of aliphatic hydroxyl groups is 1. The molecule has 2 N–H and O–H groups in total. The fraction of sp³-hybridized carbons (Fsp3) is 0.535. The molecular formula is C43H54BrN3O8. The van der Waals surface area contributed by atoms with E-state index in [0.29, 0.717) is 31.4 Å². The minimum Gasteiger partial charge on any atom is -0.455 e. The molecule has 2 aromatic rings. The molecule has 1 aliphatic carbocycles. The molecule has 1 unspecified atom stereocenters. The van der Waals surface area contributed by atoms with Crippen molar-refractivity contribution in [2.24, 2.45) is 11.8 Å². The van der Waals surface area contributed by atoms with E-state index >= 15 is 9.59 Å². The predicted octanol–water partition coefficient (Wildman–Crippen LogP) is 5.07. The number of ether oxygens (including phenoxy) is 3. The van der Waals surface area contributed by atoms with E-state index in [1.807, 2.05) is 65.6 Å². The molecule has 3 aliphatic heterocycles. The number of likely N-dealkylation sites (tertiary alicyclic amines) is 1. The van der Waals surface area contributed by atoms with E-state index in [9.17, 15) is 14.7 Å². The Kier molecular flexibility index (Phi) is 13.7. The third-order valence-electron chi connectivity index (χ3n) is 11.8. The Morgan fingerprint density at radius 2 is 1.76 bits per heavy atom. The number of amides is 3. The van der Waals surface area contributed by atoms with Crippen molar-refractivity contribution >= 4 is 39.6 Å². The SMILES string of the molecule is C=CCCC(=O)N[C@@H](COC)[C@@H](OC(=O)[C@@H]1[C@H]2O[C@@]3(CC2Br)[C@H](C(=O)N(CC=C)C2CCCCC2)N([C@@H](CO)Cc2ccccc2)C(=O)[C@@H]13)c1ccccc1. The van der Waals surface area contributed by atoms with Crippen LogP contribution in [0.2, 0.25) is 0 Å². The molecule has 2 bridgehead atoms. The van der Waals surface area contributed by atoms with E-state index in [1.54, 1.807) is 12.2 Å². The van der Waals surface area contributed by atoms with Crippen LogP contribution in [0.4, 0.5) is 0 Å². The minimum absolute atomic E-state index is 0.0291. The number of rotatable bonds is 18. The largest absolute Gasteiger partial charge is 0.455 e. The van der Waals surface area contributed by atoms with Crippen molar-refractivity contribution in [3.8, 4) is 0 Å². The van der Waals surface area contributed by atoms with Gasteiger partial charge in [0.15, 0.2) is 0 Å². The van der Waals surface area contributed by atoms with Crippen LogP contribution >= 0.6 is 15.9 Å². The average molecular weight is 821 g/mol. The maximum atomic E-state index is 15.2. The third-order valence-corrected chi connectivity index (χ3v) is 12.6. The Bertz CT molecular complexity index is 1670. The van der Waals surface area contributed by atoms with Gasteiger partial charge in [-0.3, -0.25) is 19.2 Å². The van der Waals surface area contributed by atoms with Crippen LogP contribution in [0.25, 0.3) is 0 Å². The van der Waals surface area contributed by atoms with E-state index in [1.165, 1.54) is 12.0 Å². The van der Waals surface area contributed by atoms with Gasteiger partial charge in [-0.2, -0.15) is 0 Å². The molecule has 3 heterocycles. The quantitative estimate of drug-likeness (QED) is 0.121. The molecule has 6 rings (SSSR count). The van der Waals surface area contributed by atoms with Gasteiger partial charge in [0, 0.05) is 30.9 Å². The van der Waals surface area contributed by atoms with Crippen molar-refractivity contribution in [2.75, 3.05) is 26.9 Å². The van der Waals surface area contributed by atoms with E-state index in [-0.39, 0.29) is 35.7 Å². The van der Waals surface area contributed by atoms with Crippen molar-refractivity contribution in [2.45, 2.75) is 105 Å². The third kappa shape index (κ3) is 8.33. The first-order valence-corrected chi connectivity index (χ1v) is 20.4. The molecular weight excluding hydrogens is 766 g/mol. The number of methoxy groups -OCH3 is 1. The number of aliphatic hydroxyl groups excluding tert-OH is 1. The molecule has 0 aromatic heterocycles. The van der Waals surface area contributed by atoms with Crippen molar-refractivity contribution in [1.82, 2.24) is 15.1 Å². The summed E-state index contributed by atoms with van der Waals surface area (Å²) in [6, 6.07) is 16.0. The first kappa shape index (κ1) is 40.8. The van der Waals surface area contributed by atoms with Gasteiger partial charge in [-0.15, -0.1) is 13.2 Å². The van der Waals surface area contributed by atoms with Gasteiger partial charge < -0.3 is 34.4 Å². The fourth-order valence-electron chi connectivity index (χ4n) is 9.38. The number of carbonyl (C=O) groups is 4. The van der Waals surface area contributed by atoms with Gasteiger partial charge in [-0.25, -0.2) is 0 Å². The molecule has 4 aliphatic rings. The summed E-state index contributed by atoms with van der Waals surface area (Å²) in [5, 5.41) is 14.0. The fourth-order valence-corrected chi connectivity index (χ4v) is 10.3. The standard InChI is InChI=1S/C43H54BrN3O8/c1-4-6-22-34(49)45-33(27-53-3)37(29-18-12-8-13-19-29)54-42(52)35-36-40(50)47(31(26-48)24-28-16-10-7-11-17-28)39(43(36)25-32(44)38(35)55-43)41(51)46(23-5-2)30-20-14-9-15-21-30/h4-5,7-8,10-13,16-19,30-33,35-39,48H,1-2,6,9,14-15,20-27H2,3H3,(H,45,49)/t31-,32?,33+,35+,36-,37+,38+,39+,43-/m1/s1. The van der Waals surface area contributed by atoms with Gasteiger partial charge in [0.05, 0.1) is 43.2 Å². The maximum absolute atomic E-state index is 15.2. The zero-order valence-corrected chi connectivity index (χ0v) is 33.2. The van der Waals surface area contributed by atoms with Gasteiger partial charge in [0.1, 0.15) is 17.7 Å². The molecule has 4 fully saturated rings. The van der Waals surface area contributed by atoms with E-state index < -0.39 is 66.3 Å². The van der Waals surface area contributed by atoms with Gasteiger partial charge >= 0.3 is 5.97 Å². The molecule has 55 heavy (non-hydrogen) atoms. The van der Waals surface area contributed by atoms with E-state index in [4.69, 9.17) is 14.2 Å². The molecule has 1 saturated carbocycles. The number of nitrogens with zero attached hydrogens (tertiary/aromatic N) is 2. The summed E-state index contributed by atoms with van der Waals surface area (Å²) in [6.45, 7) is 7.63. The lowest BCUT2D eigenvalue weighted by Crippen LogP contribution is -2.61. The summed E-state index contributed by atoms with van der Waals surface area (Å²) in [5.41, 5.74) is 0.177. The second-order valence-electron chi connectivity index (χ2n) is 15.2. The Labute approximate surface area is 332 Å². The lowest BCUT2D eigenvalue weighted by molar-refractivity contribution is -0.163. The maximum Gasteiger partial charge on any atom is 0.313 e. The number of carbonyl (C=O) groups excluding carboxylic acids is 4. The molecule has 12 heteroatoms. The highest BCUT2D eigenvalue weighted by Crippen LogP contribution is 2.61. The average Bonchev–Trinajstić information content (AvgIpc) is 3.81. The number of nitrogens with one attached hydrogen (secondary N) is 1. The Balaban J connectivity index is 1.39. The normalized spacial score (nSPS) is 27.5. The summed E-state index contributed by atoms with van der Waals surface area (Å²) in [5.74, 6) is -3.71. The summed E-state index contributed by atoms with van der Waals surface area (Å²) < 4.78 is 18.8. The smallest absolute Gasteiger partial charge is 0.313 e. The first-order chi connectivity index (χ1) is 26.7. The van der Waals surface area contributed by atoms with Crippen LogP contribution in [0.1, 0.15) is 68.6 Å². The summed E-state index contributed by atoms with van der Waals surface area (Å²) in [6.07, 6.45) is 7.73. The highest BCUT2D eigenvalue weighted by atomic mass is 79.9. The van der Waals surface area contributed by atoms with Crippen LogP contribution in [0.5, 0.6) is 0 Å². The number of fused-ring (bicyclic) bond motifs is 1.